The van der Waals surface area contributed by atoms with Crippen molar-refractivity contribution in [3.05, 3.63) is 69.8 Å². The molecule has 0 fully saturated rings. The van der Waals surface area contributed by atoms with Crippen LogP contribution in [0.15, 0.2) is 59.3 Å². The van der Waals surface area contributed by atoms with Crippen LogP contribution in [0.4, 0.5) is 11.4 Å². The van der Waals surface area contributed by atoms with Crippen LogP contribution in [-0.2, 0) is 9.59 Å². The highest BCUT2D eigenvalue weighted by atomic mass is 35.5. The molecule has 0 saturated heterocycles. The van der Waals surface area contributed by atoms with Gasteiger partial charge in [0.15, 0.2) is 0 Å². The molecule has 23 heavy (non-hydrogen) atoms. The minimum absolute atomic E-state index is 0.0652. The molecular formula is C17H12Cl2N2O2. The number of benzene rings is 2. The minimum atomic E-state index is -0.561. The van der Waals surface area contributed by atoms with Crippen LogP contribution in [0, 0.1) is 6.92 Å². The van der Waals surface area contributed by atoms with Crippen LogP contribution in [0.5, 0.6) is 0 Å². The van der Waals surface area contributed by atoms with Gasteiger partial charge in [0.2, 0.25) is 0 Å². The van der Waals surface area contributed by atoms with Crippen LogP contribution >= 0.6 is 23.2 Å². The molecule has 4 nitrogen and oxygen atoms in total. The fourth-order valence-corrected chi connectivity index (χ4v) is 2.56. The lowest BCUT2D eigenvalue weighted by Gasteiger charge is -2.15. The second-order valence-corrected chi connectivity index (χ2v) is 5.92. The molecule has 1 aliphatic rings. The molecule has 0 aromatic heterocycles. The van der Waals surface area contributed by atoms with Crippen molar-refractivity contribution in [2.24, 2.45) is 0 Å². The number of anilines is 2. The molecule has 0 spiro atoms. The van der Waals surface area contributed by atoms with E-state index in [9.17, 15) is 9.59 Å². The number of carbonyl (C=O) groups excluding carboxylic acids is 2. The van der Waals surface area contributed by atoms with Gasteiger partial charge in [0.25, 0.3) is 11.8 Å². The smallest absolute Gasteiger partial charge is 0.283 e. The van der Waals surface area contributed by atoms with Gasteiger partial charge >= 0.3 is 0 Å². The fraction of sp³-hybridized carbons (Fsp3) is 0.0588. The summed E-state index contributed by atoms with van der Waals surface area (Å²) in [6.45, 7) is 1.96. The van der Waals surface area contributed by atoms with Crippen molar-refractivity contribution in [2.45, 2.75) is 6.92 Å². The number of nitrogens with one attached hydrogen (secondary N) is 1. The molecule has 3 rings (SSSR count). The van der Waals surface area contributed by atoms with Crippen LogP contribution < -0.4 is 10.2 Å². The average Bonchev–Trinajstić information content (AvgIpc) is 2.74. The van der Waals surface area contributed by atoms with Crippen LogP contribution in [-0.4, -0.2) is 11.8 Å². The van der Waals surface area contributed by atoms with Gasteiger partial charge in [-0.2, -0.15) is 0 Å². The van der Waals surface area contributed by atoms with Crippen molar-refractivity contribution in [3.8, 4) is 0 Å². The first kappa shape index (κ1) is 15.6. The van der Waals surface area contributed by atoms with E-state index in [4.69, 9.17) is 23.2 Å². The molecule has 1 N–H and O–H groups in total. The normalized spacial score (nSPS) is 14.7. The van der Waals surface area contributed by atoms with Gasteiger partial charge in [-0.25, -0.2) is 4.90 Å². The van der Waals surface area contributed by atoms with Crippen molar-refractivity contribution in [1.82, 2.24) is 0 Å². The van der Waals surface area contributed by atoms with Crippen molar-refractivity contribution in [3.63, 3.8) is 0 Å². The van der Waals surface area contributed by atoms with E-state index in [1.54, 1.807) is 24.3 Å². The third-order valence-electron chi connectivity index (χ3n) is 3.43. The highest BCUT2D eigenvalue weighted by molar-refractivity contribution is 6.53. The van der Waals surface area contributed by atoms with Gasteiger partial charge in [0.05, 0.1) is 5.69 Å². The minimum Gasteiger partial charge on any atom is -0.350 e. The number of rotatable bonds is 3. The third kappa shape index (κ3) is 2.96. The summed E-state index contributed by atoms with van der Waals surface area (Å²) in [5.74, 6) is -1.06. The molecule has 2 aromatic carbocycles. The van der Waals surface area contributed by atoms with Gasteiger partial charge in [0.1, 0.15) is 10.7 Å². The van der Waals surface area contributed by atoms with E-state index in [0.717, 1.165) is 10.5 Å². The quantitative estimate of drug-likeness (QED) is 0.851. The Morgan fingerprint density at radius 3 is 2.09 bits per heavy atom. The Balaban J connectivity index is 1.90. The van der Waals surface area contributed by atoms with Crippen molar-refractivity contribution < 1.29 is 9.59 Å². The summed E-state index contributed by atoms with van der Waals surface area (Å²) in [5.41, 5.74) is 2.26. The Bertz CT molecular complexity index is 811. The summed E-state index contributed by atoms with van der Waals surface area (Å²) >= 11 is 11.9. The standard InChI is InChI=1S/C17H12Cl2N2O2/c1-10-2-6-12(7-3-10)20-15-14(19)16(22)21(17(15)23)13-8-4-11(18)5-9-13/h2-9,20H,1H3. The Morgan fingerprint density at radius 2 is 1.48 bits per heavy atom. The predicted molar refractivity (Wildman–Crippen MR) is 91.6 cm³/mol. The Labute approximate surface area is 143 Å². The average molecular weight is 347 g/mol. The Kier molecular flexibility index (Phi) is 4.11. The molecule has 2 amide bonds. The molecule has 0 saturated carbocycles. The zero-order valence-corrected chi connectivity index (χ0v) is 13.7. The zero-order valence-electron chi connectivity index (χ0n) is 12.1. The van der Waals surface area contributed by atoms with Gasteiger partial charge in [0, 0.05) is 10.7 Å². The van der Waals surface area contributed by atoms with Crippen molar-refractivity contribution >= 4 is 46.4 Å². The summed E-state index contributed by atoms with van der Waals surface area (Å²) in [6.07, 6.45) is 0. The van der Waals surface area contributed by atoms with Crippen molar-refractivity contribution in [1.29, 1.82) is 0 Å². The maximum atomic E-state index is 12.6. The lowest BCUT2D eigenvalue weighted by Crippen LogP contribution is -2.32. The van der Waals surface area contributed by atoms with Crippen molar-refractivity contribution in [2.75, 3.05) is 10.2 Å². The van der Waals surface area contributed by atoms with Gasteiger partial charge in [-0.1, -0.05) is 40.9 Å². The number of hydrogen-bond acceptors (Lipinski definition) is 3. The predicted octanol–water partition coefficient (Wildman–Crippen LogP) is 4.08. The Hall–Kier alpha value is -2.30. The SMILES string of the molecule is Cc1ccc(NC2=C(Cl)C(=O)N(c3ccc(Cl)cc3)C2=O)cc1. The lowest BCUT2D eigenvalue weighted by molar-refractivity contribution is -0.120. The zero-order chi connectivity index (χ0) is 16.6. The topological polar surface area (TPSA) is 49.4 Å². The van der Waals surface area contributed by atoms with Gasteiger partial charge in [-0.05, 0) is 43.3 Å². The Morgan fingerprint density at radius 1 is 0.870 bits per heavy atom. The molecule has 0 aliphatic carbocycles. The molecule has 6 heteroatoms. The molecule has 0 unspecified atom stereocenters. The molecule has 1 heterocycles. The van der Waals surface area contributed by atoms with Gasteiger partial charge < -0.3 is 5.32 Å². The number of hydrogen-bond donors (Lipinski definition) is 1. The van der Waals surface area contributed by atoms with Gasteiger partial charge in [-0.15, -0.1) is 0 Å². The highest BCUT2D eigenvalue weighted by Gasteiger charge is 2.38. The largest absolute Gasteiger partial charge is 0.350 e. The molecule has 0 radical (unpaired) electrons. The van der Waals surface area contributed by atoms with E-state index in [-0.39, 0.29) is 10.7 Å². The van der Waals surface area contributed by atoms with Crippen LogP contribution in [0.1, 0.15) is 5.56 Å². The third-order valence-corrected chi connectivity index (χ3v) is 4.04. The first-order valence-electron chi connectivity index (χ1n) is 6.85. The van der Waals surface area contributed by atoms with Crippen LogP contribution in [0.3, 0.4) is 0 Å². The molecule has 0 atom stereocenters. The fourth-order valence-electron chi connectivity index (χ4n) is 2.22. The maximum absolute atomic E-state index is 12.6. The van der Waals surface area contributed by atoms with E-state index >= 15 is 0 Å². The van der Waals surface area contributed by atoms with Crippen LogP contribution in [0.25, 0.3) is 0 Å². The van der Waals surface area contributed by atoms with E-state index < -0.39 is 11.8 Å². The number of aryl methyl sites for hydroxylation is 1. The molecular weight excluding hydrogens is 335 g/mol. The first-order chi connectivity index (χ1) is 11.0. The molecule has 116 valence electrons. The number of halogens is 2. The van der Waals surface area contributed by atoms with E-state index in [0.29, 0.717) is 16.4 Å². The molecule has 1 aliphatic heterocycles. The number of amides is 2. The number of carbonyl (C=O) groups is 2. The summed E-state index contributed by atoms with van der Waals surface area (Å²) in [6, 6.07) is 13.8. The monoisotopic (exact) mass is 346 g/mol. The van der Waals surface area contributed by atoms with E-state index in [1.165, 1.54) is 0 Å². The second kappa shape index (κ2) is 6.07. The molecule has 2 aromatic rings. The van der Waals surface area contributed by atoms with E-state index in [1.807, 2.05) is 31.2 Å². The van der Waals surface area contributed by atoms with Crippen LogP contribution in [0.2, 0.25) is 5.02 Å². The number of nitrogens with zero attached hydrogens (tertiary/aromatic N) is 1. The summed E-state index contributed by atoms with van der Waals surface area (Å²) < 4.78 is 0. The highest BCUT2D eigenvalue weighted by Crippen LogP contribution is 2.30. The summed E-state index contributed by atoms with van der Waals surface area (Å²) in [5, 5.41) is 3.30. The molecule has 0 bridgehead atoms. The summed E-state index contributed by atoms with van der Waals surface area (Å²) in [4.78, 5) is 25.9. The summed E-state index contributed by atoms with van der Waals surface area (Å²) in [7, 11) is 0. The second-order valence-electron chi connectivity index (χ2n) is 5.10. The van der Waals surface area contributed by atoms with E-state index in [2.05, 4.69) is 5.32 Å². The van der Waals surface area contributed by atoms with Gasteiger partial charge in [-0.3, -0.25) is 9.59 Å². The number of imide groups is 1. The first-order valence-corrected chi connectivity index (χ1v) is 7.61. The lowest BCUT2D eigenvalue weighted by atomic mass is 10.2. The maximum Gasteiger partial charge on any atom is 0.283 e.